The minimum absolute atomic E-state index is 0.0110. The van der Waals surface area contributed by atoms with Crippen LogP contribution in [0.1, 0.15) is 16.1 Å². The SMILES string of the molecule is CS(=O)NC(=O)c1cc2cc(C(F)(F)F)cc(Cl)n2n1. The average molecular weight is 326 g/mol. The number of carbonyl (C=O) groups is 1. The van der Waals surface area contributed by atoms with Crippen LogP contribution in [-0.4, -0.2) is 26.0 Å². The summed E-state index contributed by atoms with van der Waals surface area (Å²) in [6.07, 6.45) is -3.31. The molecule has 1 unspecified atom stereocenters. The van der Waals surface area contributed by atoms with Gasteiger partial charge in [-0.25, -0.2) is 8.72 Å². The van der Waals surface area contributed by atoms with Crippen LogP contribution in [0.25, 0.3) is 5.52 Å². The van der Waals surface area contributed by atoms with Crippen LogP contribution >= 0.6 is 11.6 Å². The molecule has 5 nitrogen and oxygen atoms in total. The molecule has 2 aromatic rings. The fourth-order valence-corrected chi connectivity index (χ4v) is 2.14. The Morgan fingerprint density at radius 3 is 2.60 bits per heavy atom. The molecular weight excluding hydrogens is 319 g/mol. The number of fused-ring (bicyclic) bond motifs is 1. The van der Waals surface area contributed by atoms with Gasteiger partial charge in [-0.3, -0.25) is 9.52 Å². The number of amides is 1. The average Bonchev–Trinajstić information content (AvgIpc) is 2.71. The zero-order valence-electron chi connectivity index (χ0n) is 9.86. The van der Waals surface area contributed by atoms with Crippen molar-refractivity contribution in [3.05, 3.63) is 34.6 Å². The van der Waals surface area contributed by atoms with Gasteiger partial charge in [-0.1, -0.05) is 11.6 Å². The third-order valence-corrected chi connectivity index (χ3v) is 3.06. The Kier molecular flexibility index (Phi) is 3.74. The van der Waals surface area contributed by atoms with Crippen molar-refractivity contribution in [2.24, 2.45) is 0 Å². The molecule has 1 N–H and O–H groups in total. The lowest BCUT2D eigenvalue weighted by Crippen LogP contribution is -2.25. The highest BCUT2D eigenvalue weighted by molar-refractivity contribution is 7.82. The van der Waals surface area contributed by atoms with Gasteiger partial charge in [0.05, 0.1) is 11.1 Å². The van der Waals surface area contributed by atoms with Gasteiger partial charge in [0.2, 0.25) is 0 Å². The minimum Gasteiger partial charge on any atom is -0.270 e. The summed E-state index contributed by atoms with van der Waals surface area (Å²) in [6.45, 7) is 0. The van der Waals surface area contributed by atoms with Gasteiger partial charge in [0.15, 0.2) is 5.69 Å². The van der Waals surface area contributed by atoms with Crippen LogP contribution in [0.15, 0.2) is 18.2 Å². The molecule has 20 heavy (non-hydrogen) atoms. The van der Waals surface area contributed by atoms with Gasteiger partial charge in [-0.05, 0) is 18.2 Å². The quantitative estimate of drug-likeness (QED) is 0.859. The molecule has 2 aromatic heterocycles. The molecule has 0 aliphatic rings. The summed E-state index contributed by atoms with van der Waals surface area (Å²) >= 11 is 5.70. The van der Waals surface area contributed by atoms with Crippen LogP contribution in [0.5, 0.6) is 0 Å². The molecule has 0 aliphatic carbocycles. The van der Waals surface area contributed by atoms with Gasteiger partial charge in [-0.2, -0.15) is 18.3 Å². The van der Waals surface area contributed by atoms with Crippen molar-refractivity contribution in [2.45, 2.75) is 6.18 Å². The van der Waals surface area contributed by atoms with E-state index in [0.29, 0.717) is 6.07 Å². The van der Waals surface area contributed by atoms with Crippen molar-refractivity contribution < 1.29 is 22.2 Å². The molecule has 10 heteroatoms. The van der Waals surface area contributed by atoms with Crippen molar-refractivity contribution in [3.8, 4) is 0 Å². The Balaban J connectivity index is 2.51. The zero-order chi connectivity index (χ0) is 15.1. The van der Waals surface area contributed by atoms with Gasteiger partial charge in [-0.15, -0.1) is 0 Å². The summed E-state index contributed by atoms with van der Waals surface area (Å²) in [6, 6.07) is 2.66. The lowest BCUT2D eigenvalue weighted by molar-refractivity contribution is -0.137. The normalized spacial score (nSPS) is 13.4. The molecular formula is C10H7ClF3N3O2S. The van der Waals surface area contributed by atoms with E-state index >= 15 is 0 Å². The Morgan fingerprint density at radius 2 is 2.05 bits per heavy atom. The summed E-state index contributed by atoms with van der Waals surface area (Å²) in [5.41, 5.74) is -1.11. The molecule has 0 spiro atoms. The van der Waals surface area contributed by atoms with E-state index in [1.54, 1.807) is 0 Å². The van der Waals surface area contributed by atoms with Crippen molar-refractivity contribution >= 4 is 34.0 Å². The fraction of sp³-hybridized carbons (Fsp3) is 0.200. The van der Waals surface area contributed by atoms with Crippen LogP contribution in [-0.2, 0) is 17.2 Å². The molecule has 0 radical (unpaired) electrons. The number of pyridine rings is 1. The molecule has 0 saturated carbocycles. The maximum absolute atomic E-state index is 12.6. The Morgan fingerprint density at radius 1 is 1.40 bits per heavy atom. The van der Waals surface area contributed by atoms with Crippen molar-refractivity contribution in [2.75, 3.05) is 6.26 Å². The molecule has 108 valence electrons. The van der Waals surface area contributed by atoms with Gasteiger partial charge >= 0.3 is 6.18 Å². The van der Waals surface area contributed by atoms with E-state index in [-0.39, 0.29) is 16.4 Å². The first-order valence-electron chi connectivity index (χ1n) is 5.09. The lowest BCUT2D eigenvalue weighted by Gasteiger charge is -2.07. The Labute approximate surface area is 118 Å². The number of halogens is 4. The smallest absolute Gasteiger partial charge is 0.270 e. The van der Waals surface area contributed by atoms with Crippen LogP contribution in [0.3, 0.4) is 0 Å². The van der Waals surface area contributed by atoms with E-state index < -0.39 is 28.6 Å². The number of nitrogens with one attached hydrogen (secondary N) is 1. The minimum atomic E-state index is -4.55. The second kappa shape index (κ2) is 5.06. The molecule has 1 amide bonds. The number of alkyl halides is 3. The van der Waals surface area contributed by atoms with Crippen molar-refractivity contribution in [3.63, 3.8) is 0 Å². The molecule has 1 atom stereocenters. The molecule has 0 aliphatic heterocycles. The standard InChI is InChI=1S/C10H7ClF3N3O2S/c1-20(19)16-9(18)7-4-6-2-5(10(12,13)14)3-8(11)17(6)15-7/h2-4H,1H3,(H,16,18). The highest BCUT2D eigenvalue weighted by atomic mass is 35.5. The first-order valence-corrected chi connectivity index (χ1v) is 7.03. The molecule has 0 aromatic carbocycles. The summed E-state index contributed by atoms with van der Waals surface area (Å²) in [5.74, 6) is -0.765. The first-order chi connectivity index (χ1) is 9.18. The van der Waals surface area contributed by atoms with Crippen LogP contribution in [0.2, 0.25) is 5.15 Å². The van der Waals surface area contributed by atoms with Gasteiger partial charge in [0.1, 0.15) is 16.1 Å². The number of hydrogen-bond donors (Lipinski definition) is 1. The summed E-state index contributed by atoms with van der Waals surface area (Å²) < 4.78 is 51.8. The molecule has 2 rings (SSSR count). The Hall–Kier alpha value is -1.61. The maximum atomic E-state index is 12.6. The number of rotatable bonds is 2. The highest BCUT2D eigenvalue weighted by Crippen LogP contribution is 2.32. The third kappa shape index (κ3) is 2.93. The molecule has 0 saturated heterocycles. The molecule has 2 heterocycles. The van der Waals surface area contributed by atoms with E-state index in [1.165, 1.54) is 6.26 Å². The predicted octanol–water partition coefficient (Wildman–Crippen LogP) is 2.03. The van der Waals surface area contributed by atoms with E-state index in [2.05, 4.69) is 9.82 Å². The summed E-state index contributed by atoms with van der Waals surface area (Å²) in [7, 11) is -1.60. The fourth-order valence-electron chi connectivity index (χ4n) is 1.52. The first kappa shape index (κ1) is 14.8. The molecule has 0 fully saturated rings. The van der Waals surface area contributed by atoms with Crippen LogP contribution in [0, 0.1) is 0 Å². The number of aromatic nitrogens is 2. The van der Waals surface area contributed by atoms with E-state index in [0.717, 1.165) is 16.6 Å². The van der Waals surface area contributed by atoms with E-state index in [4.69, 9.17) is 11.6 Å². The number of hydrogen-bond acceptors (Lipinski definition) is 3. The van der Waals surface area contributed by atoms with Crippen LogP contribution in [0.4, 0.5) is 13.2 Å². The second-order valence-corrected chi connectivity index (χ2v) is 5.32. The van der Waals surface area contributed by atoms with E-state index in [9.17, 15) is 22.2 Å². The van der Waals surface area contributed by atoms with Gasteiger partial charge in [0.25, 0.3) is 5.91 Å². The summed E-state index contributed by atoms with van der Waals surface area (Å²) in [5, 5.41) is 3.47. The lowest BCUT2D eigenvalue weighted by atomic mass is 10.2. The topological polar surface area (TPSA) is 63.5 Å². The number of carbonyl (C=O) groups excluding carboxylic acids is 1. The third-order valence-electron chi connectivity index (χ3n) is 2.31. The monoisotopic (exact) mass is 325 g/mol. The zero-order valence-corrected chi connectivity index (χ0v) is 11.4. The van der Waals surface area contributed by atoms with Gasteiger partial charge < -0.3 is 0 Å². The Bertz CT molecular complexity index is 714. The van der Waals surface area contributed by atoms with Crippen molar-refractivity contribution in [1.29, 1.82) is 0 Å². The summed E-state index contributed by atoms with van der Waals surface area (Å²) in [4.78, 5) is 11.6. The number of nitrogens with zero attached hydrogens (tertiary/aromatic N) is 2. The largest absolute Gasteiger partial charge is 0.416 e. The maximum Gasteiger partial charge on any atom is 0.416 e. The predicted molar refractivity (Wildman–Crippen MR) is 66.7 cm³/mol. The van der Waals surface area contributed by atoms with Crippen LogP contribution < -0.4 is 4.72 Å². The van der Waals surface area contributed by atoms with Crippen molar-refractivity contribution in [1.82, 2.24) is 14.3 Å². The van der Waals surface area contributed by atoms with Gasteiger partial charge in [0, 0.05) is 6.26 Å². The highest BCUT2D eigenvalue weighted by Gasteiger charge is 2.31. The molecule has 0 bridgehead atoms. The van der Waals surface area contributed by atoms with E-state index in [1.807, 2.05) is 0 Å². The second-order valence-electron chi connectivity index (χ2n) is 3.82.